The Labute approximate surface area is 138 Å². The molecular formula is C15H18N6O3. The highest BCUT2D eigenvalue weighted by atomic mass is 16.2. The van der Waals surface area contributed by atoms with E-state index < -0.39 is 24.3 Å². The molecule has 0 aliphatic carbocycles. The Morgan fingerprint density at radius 3 is 2.79 bits per heavy atom. The molecule has 0 aromatic heterocycles. The normalized spacial score (nSPS) is 23.5. The summed E-state index contributed by atoms with van der Waals surface area (Å²) in [4.78, 5) is 36.3. The van der Waals surface area contributed by atoms with Gasteiger partial charge in [-0.25, -0.2) is 15.0 Å². The van der Waals surface area contributed by atoms with E-state index in [9.17, 15) is 14.4 Å². The fraction of sp³-hybridized carbons (Fsp3) is 0.333. The first-order chi connectivity index (χ1) is 11.5. The molecule has 0 saturated carbocycles. The molecule has 1 aromatic carbocycles. The molecule has 3 unspecified atom stereocenters. The second kappa shape index (κ2) is 6.57. The van der Waals surface area contributed by atoms with Crippen molar-refractivity contribution in [3.63, 3.8) is 0 Å². The predicted octanol–water partition coefficient (Wildman–Crippen LogP) is -0.118. The maximum atomic E-state index is 12.0. The van der Waals surface area contributed by atoms with Crippen LogP contribution in [0.4, 0.5) is 9.59 Å². The summed E-state index contributed by atoms with van der Waals surface area (Å²) in [7, 11) is 0. The molecule has 2 heterocycles. The lowest BCUT2D eigenvalue weighted by molar-refractivity contribution is -0.121. The number of nitrogens with zero attached hydrogens (tertiary/aromatic N) is 2. The number of rotatable bonds is 5. The second-order valence-corrected chi connectivity index (χ2v) is 5.63. The lowest BCUT2D eigenvalue weighted by atomic mass is 10.0. The molecule has 0 spiro atoms. The van der Waals surface area contributed by atoms with Gasteiger partial charge in [-0.15, -0.1) is 0 Å². The van der Waals surface area contributed by atoms with Gasteiger partial charge in [0.1, 0.15) is 18.9 Å². The van der Waals surface area contributed by atoms with E-state index in [1.807, 2.05) is 37.3 Å². The van der Waals surface area contributed by atoms with Gasteiger partial charge in [0.2, 0.25) is 0 Å². The number of urea groups is 2. The molecule has 24 heavy (non-hydrogen) atoms. The zero-order valence-corrected chi connectivity index (χ0v) is 13.0. The van der Waals surface area contributed by atoms with Crippen LogP contribution in [0.15, 0.2) is 35.4 Å². The van der Waals surface area contributed by atoms with E-state index in [1.54, 1.807) is 6.21 Å². The molecule has 126 valence electrons. The van der Waals surface area contributed by atoms with E-state index in [1.165, 1.54) is 4.90 Å². The van der Waals surface area contributed by atoms with Crippen molar-refractivity contribution in [1.82, 2.24) is 26.3 Å². The fourth-order valence-electron chi connectivity index (χ4n) is 2.62. The van der Waals surface area contributed by atoms with E-state index in [4.69, 9.17) is 0 Å². The molecule has 0 radical (unpaired) electrons. The van der Waals surface area contributed by atoms with Gasteiger partial charge in [-0.2, -0.15) is 5.10 Å². The van der Waals surface area contributed by atoms with Crippen LogP contribution in [-0.2, 0) is 4.79 Å². The summed E-state index contributed by atoms with van der Waals surface area (Å²) in [5.41, 5.74) is 3.48. The Hall–Kier alpha value is -3.10. The number of amides is 5. The Morgan fingerprint density at radius 2 is 2.04 bits per heavy atom. The molecule has 5 amide bonds. The van der Waals surface area contributed by atoms with Crippen molar-refractivity contribution in [2.24, 2.45) is 5.10 Å². The maximum Gasteiger partial charge on any atom is 0.321 e. The highest BCUT2D eigenvalue weighted by Gasteiger charge is 2.45. The van der Waals surface area contributed by atoms with Crippen LogP contribution in [0.2, 0.25) is 0 Å². The third-order valence-electron chi connectivity index (χ3n) is 3.88. The van der Waals surface area contributed by atoms with Crippen molar-refractivity contribution in [3.8, 4) is 0 Å². The van der Waals surface area contributed by atoms with Gasteiger partial charge in [0.25, 0.3) is 5.91 Å². The highest BCUT2D eigenvalue weighted by molar-refractivity contribution is 5.89. The molecular weight excluding hydrogens is 312 g/mol. The van der Waals surface area contributed by atoms with Crippen molar-refractivity contribution in [2.75, 3.05) is 6.54 Å². The summed E-state index contributed by atoms with van der Waals surface area (Å²) in [6.07, 6.45) is 0.515. The van der Waals surface area contributed by atoms with Gasteiger partial charge in [-0.3, -0.25) is 9.69 Å². The third-order valence-corrected chi connectivity index (χ3v) is 3.88. The zero-order chi connectivity index (χ0) is 17.1. The average Bonchev–Trinajstić information content (AvgIpc) is 3.05. The minimum atomic E-state index is -0.581. The highest BCUT2D eigenvalue weighted by Crippen LogP contribution is 2.13. The minimum absolute atomic E-state index is 0.0456. The number of hydrogen-bond acceptors (Lipinski definition) is 4. The van der Waals surface area contributed by atoms with Crippen LogP contribution in [-0.4, -0.2) is 48.0 Å². The molecule has 3 atom stereocenters. The predicted molar refractivity (Wildman–Crippen MR) is 86.0 cm³/mol. The second-order valence-electron chi connectivity index (χ2n) is 5.63. The Kier molecular flexibility index (Phi) is 4.32. The van der Waals surface area contributed by atoms with Crippen molar-refractivity contribution in [1.29, 1.82) is 0 Å². The molecule has 2 saturated heterocycles. The third kappa shape index (κ3) is 3.29. The summed E-state index contributed by atoms with van der Waals surface area (Å²) in [6, 6.07) is 8.95. The molecule has 2 aliphatic rings. The van der Waals surface area contributed by atoms with Crippen LogP contribution < -0.4 is 21.4 Å². The van der Waals surface area contributed by atoms with Crippen LogP contribution in [0, 0.1) is 0 Å². The monoisotopic (exact) mass is 330 g/mol. The largest absolute Gasteiger partial charge is 0.321 e. The molecule has 1 aromatic rings. The Bertz CT molecular complexity index is 677. The van der Waals surface area contributed by atoms with Crippen LogP contribution in [0.1, 0.15) is 18.4 Å². The number of benzene rings is 1. The van der Waals surface area contributed by atoms with Gasteiger partial charge in [0, 0.05) is 12.1 Å². The molecule has 2 fully saturated rings. The van der Waals surface area contributed by atoms with E-state index in [0.717, 1.165) is 5.56 Å². The molecule has 3 rings (SSSR count). The van der Waals surface area contributed by atoms with E-state index in [2.05, 4.69) is 26.5 Å². The summed E-state index contributed by atoms with van der Waals surface area (Å²) >= 11 is 0. The van der Waals surface area contributed by atoms with Gasteiger partial charge in [-0.05, 0) is 5.56 Å². The van der Waals surface area contributed by atoms with E-state index >= 15 is 0 Å². The van der Waals surface area contributed by atoms with Crippen molar-refractivity contribution in [3.05, 3.63) is 35.9 Å². The number of nitrogens with one attached hydrogen (secondary N) is 4. The number of hydrogen-bond donors (Lipinski definition) is 4. The molecule has 2 aliphatic heterocycles. The van der Waals surface area contributed by atoms with Crippen molar-refractivity contribution in [2.45, 2.75) is 25.2 Å². The first kappa shape index (κ1) is 15.8. The number of fused-ring (bicyclic) bond motifs is 1. The quantitative estimate of drug-likeness (QED) is 0.446. The van der Waals surface area contributed by atoms with Crippen molar-refractivity contribution >= 4 is 24.2 Å². The summed E-state index contributed by atoms with van der Waals surface area (Å²) < 4.78 is 0. The first-order valence-corrected chi connectivity index (χ1v) is 7.56. The van der Waals surface area contributed by atoms with Gasteiger partial charge < -0.3 is 16.0 Å². The van der Waals surface area contributed by atoms with Crippen LogP contribution in [0.3, 0.4) is 0 Å². The minimum Gasteiger partial charge on any atom is -0.314 e. The number of carbonyl (C=O) groups is 3. The SMILES string of the molecule is CC(C=NNC(=O)CN1C(=O)NC2NC(=O)NC21)c1ccccc1. The van der Waals surface area contributed by atoms with Crippen LogP contribution >= 0.6 is 0 Å². The summed E-state index contributed by atoms with van der Waals surface area (Å²) in [6.45, 7) is 1.76. The first-order valence-electron chi connectivity index (χ1n) is 7.56. The molecule has 0 bridgehead atoms. The smallest absolute Gasteiger partial charge is 0.314 e. The summed E-state index contributed by atoms with van der Waals surface area (Å²) in [5.74, 6) is -0.396. The molecule has 9 nitrogen and oxygen atoms in total. The zero-order valence-electron chi connectivity index (χ0n) is 13.0. The average molecular weight is 330 g/mol. The Morgan fingerprint density at radius 1 is 1.29 bits per heavy atom. The lowest BCUT2D eigenvalue weighted by Gasteiger charge is -2.19. The van der Waals surface area contributed by atoms with Crippen LogP contribution in [0.25, 0.3) is 0 Å². The molecule has 9 heteroatoms. The Balaban J connectivity index is 1.51. The number of hydrazone groups is 1. The van der Waals surface area contributed by atoms with Crippen molar-refractivity contribution < 1.29 is 14.4 Å². The summed E-state index contributed by atoms with van der Waals surface area (Å²) in [5, 5.41) is 11.6. The lowest BCUT2D eigenvalue weighted by Crippen LogP contribution is -2.47. The topological polar surface area (TPSA) is 115 Å². The maximum absolute atomic E-state index is 12.0. The van der Waals surface area contributed by atoms with Gasteiger partial charge >= 0.3 is 12.1 Å². The number of carbonyl (C=O) groups excluding carboxylic acids is 3. The van der Waals surface area contributed by atoms with E-state index in [-0.39, 0.29) is 18.5 Å². The fourth-order valence-corrected chi connectivity index (χ4v) is 2.62. The standard InChI is InChI=1S/C15H18N6O3/c1-9(10-5-3-2-4-6-10)7-16-20-11(22)8-21-13-12(18-15(21)24)17-14(23)19-13/h2-7,9,12-13H,8H2,1H3,(H,18,24)(H,20,22)(H2,17,19,23). The molecule has 4 N–H and O–H groups in total. The van der Waals surface area contributed by atoms with Gasteiger partial charge in [0.05, 0.1) is 0 Å². The van der Waals surface area contributed by atoms with Gasteiger partial charge in [-0.1, -0.05) is 37.3 Å². The van der Waals surface area contributed by atoms with Crippen LogP contribution in [0.5, 0.6) is 0 Å². The van der Waals surface area contributed by atoms with E-state index in [0.29, 0.717) is 0 Å². The van der Waals surface area contributed by atoms with Gasteiger partial charge in [0.15, 0.2) is 0 Å².